The standard InChI is InChI=1S/C15H13BrN4/c1-20-15(17)13(11-3-2-4-12(16)9-11)14(19-20)10-5-7-18-8-6-10/h2-9H,17H2,1H3. The molecule has 0 saturated carbocycles. The third-order valence-corrected chi connectivity index (χ3v) is 3.65. The molecule has 0 saturated heterocycles. The molecule has 2 N–H and O–H groups in total. The minimum atomic E-state index is 0.648. The highest BCUT2D eigenvalue weighted by molar-refractivity contribution is 9.10. The maximum atomic E-state index is 6.19. The van der Waals surface area contributed by atoms with Crippen molar-refractivity contribution in [2.24, 2.45) is 7.05 Å². The van der Waals surface area contributed by atoms with Gasteiger partial charge in [0.2, 0.25) is 0 Å². The van der Waals surface area contributed by atoms with Crippen LogP contribution in [0.5, 0.6) is 0 Å². The second kappa shape index (κ2) is 5.09. The van der Waals surface area contributed by atoms with Gasteiger partial charge >= 0.3 is 0 Å². The molecule has 5 heteroatoms. The molecule has 1 aromatic carbocycles. The lowest BCUT2D eigenvalue weighted by Gasteiger charge is -2.05. The third kappa shape index (κ3) is 2.20. The number of halogens is 1. The molecule has 3 aromatic rings. The van der Waals surface area contributed by atoms with Gasteiger partial charge in [0, 0.05) is 29.5 Å². The number of rotatable bonds is 2. The zero-order valence-electron chi connectivity index (χ0n) is 10.9. The average Bonchev–Trinajstić information content (AvgIpc) is 2.76. The van der Waals surface area contributed by atoms with Crippen LogP contribution in [0.2, 0.25) is 0 Å². The molecular weight excluding hydrogens is 316 g/mol. The van der Waals surface area contributed by atoms with Crippen molar-refractivity contribution < 1.29 is 0 Å². The van der Waals surface area contributed by atoms with Crippen molar-refractivity contribution >= 4 is 21.7 Å². The van der Waals surface area contributed by atoms with Crippen LogP contribution >= 0.6 is 15.9 Å². The third-order valence-electron chi connectivity index (χ3n) is 3.16. The monoisotopic (exact) mass is 328 g/mol. The Morgan fingerprint density at radius 2 is 1.85 bits per heavy atom. The van der Waals surface area contributed by atoms with E-state index in [0.717, 1.165) is 26.9 Å². The maximum absolute atomic E-state index is 6.19. The van der Waals surface area contributed by atoms with Crippen LogP contribution < -0.4 is 5.73 Å². The van der Waals surface area contributed by atoms with Gasteiger partial charge in [0.15, 0.2) is 0 Å². The Kier molecular flexibility index (Phi) is 3.28. The molecule has 2 aromatic heterocycles. The summed E-state index contributed by atoms with van der Waals surface area (Å²) in [5.41, 5.74) is 10.0. The molecule has 0 unspecified atom stereocenters. The number of nitrogens with two attached hydrogens (primary N) is 1. The average molecular weight is 329 g/mol. The van der Waals surface area contributed by atoms with Gasteiger partial charge in [0.05, 0.1) is 5.56 Å². The van der Waals surface area contributed by atoms with Gasteiger partial charge in [-0.15, -0.1) is 0 Å². The molecule has 0 aliphatic carbocycles. The number of hydrogen-bond donors (Lipinski definition) is 1. The molecule has 0 amide bonds. The minimum Gasteiger partial charge on any atom is -0.383 e. The fourth-order valence-corrected chi connectivity index (χ4v) is 2.58. The van der Waals surface area contributed by atoms with Crippen LogP contribution in [0, 0.1) is 0 Å². The summed E-state index contributed by atoms with van der Waals surface area (Å²) in [6.45, 7) is 0. The van der Waals surface area contributed by atoms with Crippen molar-refractivity contribution in [3.05, 3.63) is 53.3 Å². The number of aryl methyl sites for hydroxylation is 1. The molecule has 3 rings (SSSR count). The summed E-state index contributed by atoms with van der Waals surface area (Å²) in [7, 11) is 1.85. The summed E-state index contributed by atoms with van der Waals surface area (Å²) < 4.78 is 2.71. The van der Waals surface area contributed by atoms with Gasteiger partial charge in [-0.3, -0.25) is 9.67 Å². The van der Waals surface area contributed by atoms with E-state index in [2.05, 4.69) is 26.0 Å². The number of anilines is 1. The summed E-state index contributed by atoms with van der Waals surface area (Å²) in [4.78, 5) is 4.04. The zero-order valence-corrected chi connectivity index (χ0v) is 12.5. The number of hydrogen-bond acceptors (Lipinski definition) is 3. The molecule has 2 heterocycles. The summed E-state index contributed by atoms with van der Waals surface area (Å²) in [6, 6.07) is 11.9. The molecule has 20 heavy (non-hydrogen) atoms. The molecule has 0 aliphatic rings. The van der Waals surface area contributed by atoms with Crippen LogP contribution in [-0.4, -0.2) is 14.8 Å². The molecule has 0 bridgehead atoms. The van der Waals surface area contributed by atoms with E-state index in [0.29, 0.717) is 5.82 Å². The number of nitrogens with zero attached hydrogens (tertiary/aromatic N) is 3. The normalized spacial score (nSPS) is 10.7. The van der Waals surface area contributed by atoms with Gasteiger partial charge in [0.25, 0.3) is 0 Å². The van der Waals surface area contributed by atoms with Crippen molar-refractivity contribution in [2.45, 2.75) is 0 Å². The summed E-state index contributed by atoms with van der Waals surface area (Å²) in [6.07, 6.45) is 3.51. The van der Waals surface area contributed by atoms with Crippen molar-refractivity contribution in [3.63, 3.8) is 0 Å². The van der Waals surface area contributed by atoms with E-state index in [1.54, 1.807) is 17.1 Å². The van der Waals surface area contributed by atoms with E-state index >= 15 is 0 Å². The Hall–Kier alpha value is -2.14. The smallest absolute Gasteiger partial charge is 0.129 e. The lowest BCUT2D eigenvalue weighted by Crippen LogP contribution is -1.97. The van der Waals surface area contributed by atoms with Gasteiger partial charge in [-0.2, -0.15) is 5.10 Å². The Morgan fingerprint density at radius 1 is 1.10 bits per heavy atom. The second-order valence-corrected chi connectivity index (χ2v) is 5.39. The van der Waals surface area contributed by atoms with Crippen LogP contribution in [0.3, 0.4) is 0 Å². The van der Waals surface area contributed by atoms with E-state index in [-0.39, 0.29) is 0 Å². The lowest BCUT2D eigenvalue weighted by molar-refractivity contribution is 0.782. The minimum absolute atomic E-state index is 0.648. The molecule has 0 atom stereocenters. The predicted molar refractivity (Wildman–Crippen MR) is 84.0 cm³/mol. The van der Waals surface area contributed by atoms with Crippen LogP contribution in [0.15, 0.2) is 53.3 Å². The van der Waals surface area contributed by atoms with Crippen molar-refractivity contribution in [3.8, 4) is 22.4 Å². The van der Waals surface area contributed by atoms with Crippen LogP contribution in [0.25, 0.3) is 22.4 Å². The number of nitrogen functional groups attached to an aromatic ring is 1. The van der Waals surface area contributed by atoms with Gasteiger partial charge in [-0.25, -0.2) is 0 Å². The first-order valence-electron chi connectivity index (χ1n) is 6.15. The fourth-order valence-electron chi connectivity index (χ4n) is 2.18. The zero-order chi connectivity index (χ0) is 14.1. The van der Waals surface area contributed by atoms with E-state index in [1.807, 2.05) is 43.4 Å². The Bertz CT molecular complexity index is 750. The van der Waals surface area contributed by atoms with Gasteiger partial charge < -0.3 is 5.73 Å². The summed E-state index contributed by atoms with van der Waals surface area (Å²) >= 11 is 3.49. The van der Waals surface area contributed by atoms with E-state index in [4.69, 9.17) is 5.73 Å². The predicted octanol–water partition coefficient (Wildman–Crippen LogP) is 3.49. The van der Waals surface area contributed by atoms with Gasteiger partial charge in [-0.05, 0) is 29.8 Å². The SMILES string of the molecule is Cn1nc(-c2ccncc2)c(-c2cccc(Br)c2)c1N. The first kappa shape index (κ1) is 12.9. The largest absolute Gasteiger partial charge is 0.383 e. The molecule has 0 radical (unpaired) electrons. The molecule has 0 fully saturated rings. The maximum Gasteiger partial charge on any atom is 0.129 e. The molecular formula is C15H13BrN4. The first-order valence-corrected chi connectivity index (χ1v) is 6.95. The summed E-state index contributed by atoms with van der Waals surface area (Å²) in [5, 5.41) is 4.54. The highest BCUT2D eigenvalue weighted by atomic mass is 79.9. The van der Waals surface area contributed by atoms with Crippen molar-refractivity contribution in [1.82, 2.24) is 14.8 Å². The van der Waals surface area contributed by atoms with Crippen LogP contribution in [0.4, 0.5) is 5.82 Å². The van der Waals surface area contributed by atoms with E-state index in [1.165, 1.54) is 0 Å². The Morgan fingerprint density at radius 3 is 2.55 bits per heavy atom. The van der Waals surface area contributed by atoms with E-state index < -0.39 is 0 Å². The molecule has 100 valence electrons. The van der Waals surface area contributed by atoms with Crippen LogP contribution in [0.1, 0.15) is 0 Å². The van der Waals surface area contributed by atoms with Crippen molar-refractivity contribution in [2.75, 3.05) is 5.73 Å². The number of benzene rings is 1. The first-order chi connectivity index (χ1) is 9.66. The number of pyridine rings is 1. The highest BCUT2D eigenvalue weighted by Crippen LogP contribution is 2.36. The molecule has 0 aliphatic heterocycles. The number of aromatic nitrogens is 3. The topological polar surface area (TPSA) is 56.7 Å². The molecule has 4 nitrogen and oxygen atoms in total. The quantitative estimate of drug-likeness (QED) is 0.783. The summed E-state index contributed by atoms with van der Waals surface area (Å²) in [5.74, 6) is 0.648. The van der Waals surface area contributed by atoms with Crippen LogP contribution in [-0.2, 0) is 7.05 Å². The lowest BCUT2D eigenvalue weighted by atomic mass is 10.0. The second-order valence-electron chi connectivity index (χ2n) is 4.48. The van der Waals surface area contributed by atoms with Gasteiger partial charge in [-0.1, -0.05) is 28.1 Å². The highest BCUT2D eigenvalue weighted by Gasteiger charge is 2.17. The van der Waals surface area contributed by atoms with Crippen molar-refractivity contribution in [1.29, 1.82) is 0 Å². The molecule has 0 spiro atoms. The fraction of sp³-hybridized carbons (Fsp3) is 0.0667. The van der Waals surface area contributed by atoms with E-state index in [9.17, 15) is 0 Å². The Labute approximate surface area is 125 Å². The Balaban J connectivity index is 2.25. The van der Waals surface area contributed by atoms with Gasteiger partial charge in [0.1, 0.15) is 11.5 Å².